The molecule has 5 heteroatoms. The average molecular weight is 390 g/mol. The number of ether oxygens (including phenoxy) is 2. The van der Waals surface area contributed by atoms with E-state index in [4.69, 9.17) is 9.47 Å². The van der Waals surface area contributed by atoms with Gasteiger partial charge >= 0.3 is 0 Å². The van der Waals surface area contributed by atoms with Crippen LogP contribution >= 0.6 is 0 Å². The van der Waals surface area contributed by atoms with Crippen LogP contribution in [0.15, 0.2) is 60.7 Å². The summed E-state index contributed by atoms with van der Waals surface area (Å²) >= 11 is 0. The number of fused-ring (bicyclic) bond motifs is 2. The number of likely N-dealkylation sites (N-methyl/N-ethyl adjacent to an activating group) is 1. The van der Waals surface area contributed by atoms with E-state index in [1.807, 2.05) is 43.4 Å². The van der Waals surface area contributed by atoms with Crippen molar-refractivity contribution in [3.05, 3.63) is 71.8 Å². The fourth-order valence-electron chi connectivity index (χ4n) is 3.69. The third kappa shape index (κ3) is 4.51. The van der Waals surface area contributed by atoms with Crippen molar-refractivity contribution in [1.29, 1.82) is 0 Å². The highest BCUT2D eigenvalue weighted by Gasteiger charge is 2.19. The van der Waals surface area contributed by atoms with Gasteiger partial charge in [0, 0.05) is 32.2 Å². The van der Waals surface area contributed by atoms with Crippen LogP contribution in [-0.4, -0.2) is 49.6 Å². The second kappa shape index (κ2) is 8.53. The van der Waals surface area contributed by atoms with Gasteiger partial charge in [-0.05, 0) is 40.6 Å². The molecule has 0 aromatic heterocycles. The first-order valence-electron chi connectivity index (χ1n) is 9.86. The van der Waals surface area contributed by atoms with Crippen molar-refractivity contribution in [3.8, 4) is 11.5 Å². The zero-order valence-electron chi connectivity index (χ0n) is 16.9. The molecule has 0 saturated carbocycles. The Morgan fingerprint density at radius 2 is 1.90 bits per heavy atom. The van der Waals surface area contributed by atoms with E-state index in [1.165, 1.54) is 0 Å². The first-order chi connectivity index (χ1) is 14.1. The minimum Gasteiger partial charge on any atom is -0.497 e. The Hall–Kier alpha value is -3.05. The van der Waals surface area contributed by atoms with Crippen molar-refractivity contribution < 1.29 is 14.3 Å². The molecule has 0 spiro atoms. The number of amides is 1. The molecule has 150 valence electrons. The van der Waals surface area contributed by atoms with Crippen LogP contribution in [0.25, 0.3) is 10.8 Å². The SMILES string of the molecule is COc1ccc2cc(CN(C)C(=O)CN3CCOc4ccccc4C3)ccc2c1. The van der Waals surface area contributed by atoms with Gasteiger partial charge < -0.3 is 14.4 Å². The largest absolute Gasteiger partial charge is 0.497 e. The van der Waals surface area contributed by atoms with Gasteiger partial charge in [0.1, 0.15) is 18.1 Å². The lowest BCUT2D eigenvalue weighted by Crippen LogP contribution is -2.38. The molecule has 0 saturated heterocycles. The van der Waals surface area contributed by atoms with Crippen molar-refractivity contribution in [2.45, 2.75) is 13.1 Å². The summed E-state index contributed by atoms with van der Waals surface area (Å²) < 4.78 is 11.1. The maximum atomic E-state index is 12.8. The summed E-state index contributed by atoms with van der Waals surface area (Å²) in [7, 11) is 3.54. The molecule has 0 radical (unpaired) electrons. The normalized spacial score (nSPS) is 14.0. The molecule has 3 aromatic rings. The zero-order chi connectivity index (χ0) is 20.2. The Morgan fingerprint density at radius 1 is 1.10 bits per heavy atom. The number of rotatable bonds is 5. The molecule has 0 N–H and O–H groups in total. The number of carbonyl (C=O) groups is 1. The van der Waals surface area contributed by atoms with Gasteiger partial charge in [-0.25, -0.2) is 0 Å². The lowest BCUT2D eigenvalue weighted by Gasteiger charge is -2.23. The zero-order valence-corrected chi connectivity index (χ0v) is 16.9. The lowest BCUT2D eigenvalue weighted by atomic mass is 10.1. The molecule has 0 aliphatic carbocycles. The summed E-state index contributed by atoms with van der Waals surface area (Å²) in [5.74, 6) is 1.88. The molecule has 1 amide bonds. The first kappa shape index (κ1) is 19.3. The standard InChI is InChI=1S/C24H26N2O3/c1-25(15-18-7-8-20-14-22(28-2)10-9-19(20)13-18)24(27)17-26-11-12-29-23-6-4-3-5-21(23)16-26/h3-10,13-14H,11-12,15-17H2,1-2H3. The highest BCUT2D eigenvalue weighted by atomic mass is 16.5. The highest BCUT2D eigenvalue weighted by molar-refractivity contribution is 5.84. The second-order valence-corrected chi connectivity index (χ2v) is 7.46. The quantitative estimate of drug-likeness (QED) is 0.666. The van der Waals surface area contributed by atoms with Crippen molar-refractivity contribution >= 4 is 16.7 Å². The molecule has 4 rings (SSSR count). The van der Waals surface area contributed by atoms with Crippen molar-refractivity contribution in [3.63, 3.8) is 0 Å². The summed E-state index contributed by atoms with van der Waals surface area (Å²) in [5, 5.41) is 2.27. The Bertz CT molecular complexity index is 1020. The third-order valence-electron chi connectivity index (χ3n) is 5.35. The fraction of sp³-hybridized carbons (Fsp3) is 0.292. The van der Waals surface area contributed by atoms with E-state index in [9.17, 15) is 4.79 Å². The number of hydrogen-bond acceptors (Lipinski definition) is 4. The molecule has 3 aromatic carbocycles. The minimum absolute atomic E-state index is 0.110. The molecule has 0 bridgehead atoms. The summed E-state index contributed by atoms with van der Waals surface area (Å²) in [6.45, 7) is 3.04. The number of carbonyl (C=O) groups excluding carboxylic acids is 1. The molecule has 1 aliphatic rings. The van der Waals surface area contributed by atoms with E-state index < -0.39 is 0 Å². The van der Waals surface area contributed by atoms with Crippen molar-refractivity contribution in [2.75, 3.05) is 33.9 Å². The Morgan fingerprint density at radius 3 is 2.76 bits per heavy atom. The summed E-state index contributed by atoms with van der Waals surface area (Å²) in [5.41, 5.74) is 2.24. The van der Waals surface area contributed by atoms with Gasteiger partial charge in [-0.15, -0.1) is 0 Å². The predicted octanol–water partition coefficient (Wildman–Crippen LogP) is 3.70. The predicted molar refractivity (Wildman–Crippen MR) is 114 cm³/mol. The van der Waals surface area contributed by atoms with Crippen LogP contribution in [0.4, 0.5) is 0 Å². The van der Waals surface area contributed by atoms with Gasteiger partial charge in [-0.1, -0.05) is 36.4 Å². The Labute approximate surface area is 171 Å². The molecule has 29 heavy (non-hydrogen) atoms. The Balaban J connectivity index is 1.40. The number of benzene rings is 3. The number of methoxy groups -OCH3 is 1. The van der Waals surface area contributed by atoms with E-state index in [0.717, 1.165) is 46.5 Å². The van der Waals surface area contributed by atoms with Crippen LogP contribution in [0.3, 0.4) is 0 Å². The third-order valence-corrected chi connectivity index (χ3v) is 5.35. The topological polar surface area (TPSA) is 42.0 Å². The molecule has 0 atom stereocenters. The van der Waals surface area contributed by atoms with Crippen LogP contribution in [0.2, 0.25) is 0 Å². The van der Waals surface area contributed by atoms with Crippen LogP contribution in [-0.2, 0) is 17.9 Å². The van der Waals surface area contributed by atoms with Gasteiger partial charge in [0.25, 0.3) is 0 Å². The van der Waals surface area contributed by atoms with Crippen LogP contribution < -0.4 is 9.47 Å². The molecule has 5 nitrogen and oxygen atoms in total. The monoisotopic (exact) mass is 390 g/mol. The molecule has 1 heterocycles. The molecular weight excluding hydrogens is 364 g/mol. The van der Waals surface area contributed by atoms with Crippen molar-refractivity contribution in [1.82, 2.24) is 9.80 Å². The number of para-hydroxylation sites is 1. The molecular formula is C24H26N2O3. The lowest BCUT2D eigenvalue weighted by molar-refractivity contribution is -0.131. The van der Waals surface area contributed by atoms with Gasteiger partial charge in [-0.2, -0.15) is 0 Å². The van der Waals surface area contributed by atoms with E-state index in [1.54, 1.807) is 12.0 Å². The second-order valence-electron chi connectivity index (χ2n) is 7.46. The van der Waals surface area contributed by atoms with Crippen molar-refractivity contribution in [2.24, 2.45) is 0 Å². The minimum atomic E-state index is 0.110. The first-order valence-corrected chi connectivity index (χ1v) is 9.86. The highest BCUT2D eigenvalue weighted by Crippen LogP contribution is 2.23. The van der Waals surface area contributed by atoms with E-state index >= 15 is 0 Å². The van der Waals surface area contributed by atoms with Gasteiger partial charge in [-0.3, -0.25) is 9.69 Å². The summed E-state index contributed by atoms with van der Waals surface area (Å²) in [4.78, 5) is 16.8. The fourth-order valence-corrected chi connectivity index (χ4v) is 3.69. The van der Waals surface area contributed by atoms with Gasteiger partial charge in [0.05, 0.1) is 13.7 Å². The molecule has 1 aliphatic heterocycles. The molecule has 0 unspecified atom stereocenters. The van der Waals surface area contributed by atoms with Crippen LogP contribution in [0, 0.1) is 0 Å². The maximum Gasteiger partial charge on any atom is 0.236 e. The maximum absolute atomic E-state index is 12.8. The summed E-state index contributed by atoms with van der Waals surface area (Å²) in [6, 6.07) is 20.3. The van der Waals surface area contributed by atoms with Crippen LogP contribution in [0.5, 0.6) is 11.5 Å². The smallest absolute Gasteiger partial charge is 0.236 e. The van der Waals surface area contributed by atoms with E-state index in [2.05, 4.69) is 29.2 Å². The van der Waals surface area contributed by atoms with Gasteiger partial charge in [0.15, 0.2) is 0 Å². The average Bonchev–Trinajstić information content (AvgIpc) is 2.94. The summed E-state index contributed by atoms with van der Waals surface area (Å²) in [6.07, 6.45) is 0. The number of nitrogens with zero attached hydrogens (tertiary/aromatic N) is 2. The van der Waals surface area contributed by atoms with E-state index in [0.29, 0.717) is 19.7 Å². The van der Waals surface area contributed by atoms with Crippen LogP contribution in [0.1, 0.15) is 11.1 Å². The van der Waals surface area contributed by atoms with Gasteiger partial charge in [0.2, 0.25) is 5.91 Å². The van der Waals surface area contributed by atoms with E-state index in [-0.39, 0.29) is 5.91 Å². The Kier molecular flexibility index (Phi) is 5.67. The molecule has 0 fully saturated rings. The number of hydrogen-bond donors (Lipinski definition) is 0.